The van der Waals surface area contributed by atoms with Crippen molar-refractivity contribution < 1.29 is 5.11 Å². The Labute approximate surface area is 106 Å². The molecule has 2 fully saturated rings. The lowest BCUT2D eigenvalue weighted by atomic mass is 9.90. The maximum absolute atomic E-state index is 11.0. The average molecular weight is 242 g/mol. The zero-order valence-corrected chi connectivity index (χ0v) is 10.4. The molecule has 1 aromatic carbocycles. The third-order valence-corrected chi connectivity index (χ3v) is 4.44. The van der Waals surface area contributed by atoms with Gasteiger partial charge in [-0.05, 0) is 37.0 Å². The molecule has 1 atom stereocenters. The molecule has 0 amide bonds. The molecule has 1 unspecified atom stereocenters. The van der Waals surface area contributed by atoms with Crippen LogP contribution in [-0.4, -0.2) is 34.1 Å². The Morgan fingerprint density at radius 2 is 2.17 bits per heavy atom. The summed E-state index contributed by atoms with van der Waals surface area (Å²) < 4.78 is 0. The number of likely N-dealkylation sites (tertiary alicyclic amines) is 1. The van der Waals surface area contributed by atoms with E-state index in [0.717, 1.165) is 42.0 Å². The Bertz CT molecular complexity index is 587. The van der Waals surface area contributed by atoms with Crippen molar-refractivity contribution in [2.75, 3.05) is 13.1 Å². The van der Waals surface area contributed by atoms with Crippen molar-refractivity contribution in [1.82, 2.24) is 9.88 Å². The largest absolute Gasteiger partial charge is 0.384 e. The Morgan fingerprint density at radius 1 is 1.28 bits per heavy atom. The molecule has 1 aliphatic heterocycles. The number of aromatic amines is 1. The lowest BCUT2D eigenvalue weighted by Gasteiger charge is -2.25. The second-order valence-corrected chi connectivity index (χ2v) is 5.73. The molecule has 0 spiro atoms. The van der Waals surface area contributed by atoms with E-state index in [1.165, 1.54) is 12.8 Å². The molecule has 1 saturated carbocycles. The molecule has 4 rings (SSSR count). The fourth-order valence-electron chi connectivity index (χ4n) is 3.29. The summed E-state index contributed by atoms with van der Waals surface area (Å²) in [5, 5.41) is 12.1. The van der Waals surface area contributed by atoms with Gasteiger partial charge in [-0.15, -0.1) is 0 Å². The van der Waals surface area contributed by atoms with Gasteiger partial charge in [0.15, 0.2) is 0 Å². The third kappa shape index (κ3) is 1.51. The lowest BCUT2D eigenvalue weighted by Crippen LogP contribution is -2.31. The monoisotopic (exact) mass is 242 g/mol. The molecule has 1 aliphatic carbocycles. The summed E-state index contributed by atoms with van der Waals surface area (Å²) in [6, 6.07) is 8.99. The molecule has 2 heterocycles. The van der Waals surface area contributed by atoms with Crippen LogP contribution in [-0.2, 0) is 5.60 Å². The van der Waals surface area contributed by atoms with Crippen LogP contribution >= 0.6 is 0 Å². The topological polar surface area (TPSA) is 39.3 Å². The highest BCUT2D eigenvalue weighted by atomic mass is 16.3. The minimum absolute atomic E-state index is 0.662. The molecule has 0 radical (unpaired) electrons. The summed E-state index contributed by atoms with van der Waals surface area (Å²) in [7, 11) is 0. The van der Waals surface area contributed by atoms with Gasteiger partial charge < -0.3 is 10.1 Å². The normalized spacial score (nSPS) is 29.2. The summed E-state index contributed by atoms with van der Waals surface area (Å²) >= 11 is 0. The van der Waals surface area contributed by atoms with Crippen LogP contribution in [0.1, 0.15) is 24.8 Å². The Hall–Kier alpha value is -1.32. The minimum atomic E-state index is -0.662. The number of hydrogen-bond donors (Lipinski definition) is 2. The van der Waals surface area contributed by atoms with Crippen molar-refractivity contribution in [2.45, 2.75) is 30.9 Å². The molecule has 0 bridgehead atoms. The van der Waals surface area contributed by atoms with Crippen LogP contribution in [0.4, 0.5) is 0 Å². The van der Waals surface area contributed by atoms with E-state index in [1.807, 2.05) is 12.3 Å². The Morgan fingerprint density at radius 3 is 3.00 bits per heavy atom. The first-order valence-corrected chi connectivity index (χ1v) is 6.79. The highest BCUT2D eigenvalue weighted by molar-refractivity contribution is 5.83. The zero-order valence-electron chi connectivity index (χ0n) is 10.4. The van der Waals surface area contributed by atoms with E-state index in [9.17, 15) is 5.11 Å². The third-order valence-electron chi connectivity index (χ3n) is 4.44. The molecular weight excluding hydrogens is 224 g/mol. The number of rotatable bonds is 2. The molecule has 2 aliphatic rings. The molecule has 18 heavy (non-hydrogen) atoms. The first-order chi connectivity index (χ1) is 8.76. The summed E-state index contributed by atoms with van der Waals surface area (Å²) in [6.07, 6.45) is 5.42. The number of hydrogen-bond acceptors (Lipinski definition) is 2. The number of nitrogens with one attached hydrogen (secondary N) is 1. The van der Waals surface area contributed by atoms with Crippen LogP contribution in [0.25, 0.3) is 10.9 Å². The Kier molecular flexibility index (Phi) is 2.11. The predicted molar refractivity (Wildman–Crippen MR) is 71.4 cm³/mol. The van der Waals surface area contributed by atoms with E-state index in [1.54, 1.807) is 0 Å². The van der Waals surface area contributed by atoms with E-state index in [-0.39, 0.29) is 0 Å². The number of H-pyrrole nitrogens is 1. The fourth-order valence-corrected chi connectivity index (χ4v) is 3.29. The van der Waals surface area contributed by atoms with Gasteiger partial charge in [0.1, 0.15) is 5.60 Å². The first kappa shape index (κ1) is 10.6. The van der Waals surface area contributed by atoms with Gasteiger partial charge in [0.2, 0.25) is 0 Å². The van der Waals surface area contributed by atoms with E-state index < -0.39 is 5.60 Å². The number of nitrogens with zero attached hydrogens (tertiary/aromatic N) is 1. The van der Waals surface area contributed by atoms with Crippen LogP contribution < -0.4 is 0 Å². The molecule has 1 aromatic heterocycles. The van der Waals surface area contributed by atoms with Gasteiger partial charge >= 0.3 is 0 Å². The van der Waals surface area contributed by atoms with E-state index >= 15 is 0 Å². The van der Waals surface area contributed by atoms with Crippen molar-refractivity contribution >= 4 is 10.9 Å². The molecule has 3 nitrogen and oxygen atoms in total. The minimum Gasteiger partial charge on any atom is -0.384 e. The van der Waals surface area contributed by atoms with Crippen LogP contribution in [0.2, 0.25) is 0 Å². The number of aromatic nitrogens is 1. The SMILES string of the molecule is OC1(c2cccc3[nH]ccc23)CCN(C2CC2)C1. The van der Waals surface area contributed by atoms with Crippen molar-refractivity contribution in [3.8, 4) is 0 Å². The maximum atomic E-state index is 11.0. The Balaban J connectivity index is 1.75. The van der Waals surface area contributed by atoms with Crippen molar-refractivity contribution in [1.29, 1.82) is 0 Å². The molecular formula is C15H18N2O. The summed E-state index contributed by atoms with van der Waals surface area (Å²) in [5.74, 6) is 0. The van der Waals surface area contributed by atoms with Gasteiger partial charge in [-0.25, -0.2) is 0 Å². The highest BCUT2D eigenvalue weighted by Crippen LogP contribution is 2.40. The van der Waals surface area contributed by atoms with Gasteiger partial charge in [-0.1, -0.05) is 12.1 Å². The number of β-amino-alcohol motifs (C(OH)–C–C–N with tert-alkyl or cyclic N) is 1. The number of aliphatic hydroxyl groups is 1. The van der Waals surface area contributed by atoms with E-state index in [2.05, 4.69) is 28.1 Å². The van der Waals surface area contributed by atoms with Crippen molar-refractivity contribution in [2.24, 2.45) is 0 Å². The maximum Gasteiger partial charge on any atom is 0.104 e. The molecule has 2 aromatic rings. The highest BCUT2D eigenvalue weighted by Gasteiger charge is 2.43. The summed E-state index contributed by atoms with van der Waals surface area (Å²) in [5.41, 5.74) is 1.54. The molecule has 2 N–H and O–H groups in total. The number of benzene rings is 1. The van der Waals surface area contributed by atoms with E-state index in [0.29, 0.717) is 0 Å². The van der Waals surface area contributed by atoms with Gasteiger partial charge in [0.05, 0.1) is 0 Å². The second-order valence-electron chi connectivity index (χ2n) is 5.73. The van der Waals surface area contributed by atoms with Crippen LogP contribution in [0.3, 0.4) is 0 Å². The van der Waals surface area contributed by atoms with Crippen LogP contribution in [0, 0.1) is 0 Å². The predicted octanol–water partition coefficient (Wildman–Crippen LogP) is 2.22. The molecule has 3 heteroatoms. The van der Waals surface area contributed by atoms with Crippen molar-refractivity contribution in [3.63, 3.8) is 0 Å². The smallest absolute Gasteiger partial charge is 0.104 e. The average Bonchev–Trinajstić information content (AvgIpc) is 2.98. The lowest BCUT2D eigenvalue weighted by molar-refractivity contribution is 0.0467. The fraction of sp³-hybridized carbons (Fsp3) is 0.467. The standard InChI is InChI=1S/C15H18N2O/c18-15(7-9-17(10-15)11-4-5-11)13-2-1-3-14-12(13)6-8-16-14/h1-3,6,8,11,16,18H,4-5,7,9-10H2. The van der Waals surface area contributed by atoms with Gasteiger partial charge in [0.25, 0.3) is 0 Å². The van der Waals surface area contributed by atoms with Crippen molar-refractivity contribution in [3.05, 3.63) is 36.0 Å². The number of fused-ring (bicyclic) bond motifs is 1. The van der Waals surface area contributed by atoms with Gasteiger partial charge in [0, 0.05) is 36.2 Å². The van der Waals surface area contributed by atoms with Crippen LogP contribution in [0.15, 0.2) is 30.5 Å². The second kappa shape index (κ2) is 3.59. The van der Waals surface area contributed by atoms with E-state index in [4.69, 9.17) is 0 Å². The summed E-state index contributed by atoms with van der Waals surface area (Å²) in [4.78, 5) is 5.67. The first-order valence-electron chi connectivity index (χ1n) is 6.79. The summed E-state index contributed by atoms with van der Waals surface area (Å²) in [6.45, 7) is 1.82. The van der Waals surface area contributed by atoms with Gasteiger partial charge in [-0.2, -0.15) is 0 Å². The molecule has 1 saturated heterocycles. The van der Waals surface area contributed by atoms with Gasteiger partial charge in [-0.3, -0.25) is 4.90 Å². The van der Waals surface area contributed by atoms with Crippen LogP contribution in [0.5, 0.6) is 0 Å². The quantitative estimate of drug-likeness (QED) is 0.847. The molecule has 94 valence electrons. The zero-order chi connectivity index (χ0) is 12.2.